The van der Waals surface area contributed by atoms with E-state index in [9.17, 15) is 10.1 Å². The smallest absolute Gasteiger partial charge is 0.243 e. The number of fused-ring (bicyclic) bond motifs is 1. The maximum absolute atomic E-state index is 12.7. The van der Waals surface area contributed by atoms with E-state index in [4.69, 9.17) is 0 Å². The molecule has 3 rings (SSSR count). The molecule has 0 spiro atoms. The molecule has 0 N–H and O–H groups in total. The van der Waals surface area contributed by atoms with Crippen molar-refractivity contribution >= 4 is 11.6 Å². The van der Waals surface area contributed by atoms with Crippen LogP contribution >= 0.6 is 0 Å². The first-order valence-electron chi connectivity index (χ1n) is 8.17. The van der Waals surface area contributed by atoms with Crippen LogP contribution in [0, 0.1) is 11.3 Å². The van der Waals surface area contributed by atoms with E-state index < -0.39 is 5.54 Å². The lowest BCUT2D eigenvalue weighted by atomic mass is 9.81. The molecule has 0 saturated heterocycles. The molecule has 0 radical (unpaired) electrons. The first kappa shape index (κ1) is 14.9. The van der Waals surface area contributed by atoms with E-state index in [1.807, 2.05) is 12.1 Å². The molecule has 4 nitrogen and oxygen atoms in total. The van der Waals surface area contributed by atoms with Crippen LogP contribution in [0.1, 0.15) is 37.7 Å². The van der Waals surface area contributed by atoms with Gasteiger partial charge in [-0.3, -0.25) is 4.79 Å². The van der Waals surface area contributed by atoms with E-state index in [0.717, 1.165) is 38.6 Å². The van der Waals surface area contributed by atoms with Gasteiger partial charge in [-0.25, -0.2) is 0 Å². The lowest BCUT2D eigenvalue weighted by Crippen LogP contribution is -2.52. The molecule has 1 heterocycles. The molecule has 1 aliphatic carbocycles. The molecule has 4 heteroatoms. The number of nitriles is 1. The van der Waals surface area contributed by atoms with Gasteiger partial charge < -0.3 is 9.80 Å². The number of carbonyl (C=O) groups excluding carboxylic acids is 1. The Morgan fingerprint density at radius 2 is 2.05 bits per heavy atom. The van der Waals surface area contributed by atoms with Crippen LogP contribution in [-0.2, 0) is 11.2 Å². The van der Waals surface area contributed by atoms with Crippen molar-refractivity contribution in [1.82, 2.24) is 4.90 Å². The second-order valence-corrected chi connectivity index (χ2v) is 6.46. The van der Waals surface area contributed by atoms with Crippen LogP contribution in [-0.4, -0.2) is 36.5 Å². The number of anilines is 1. The quantitative estimate of drug-likeness (QED) is 0.862. The first-order chi connectivity index (χ1) is 10.7. The van der Waals surface area contributed by atoms with Gasteiger partial charge in [0.2, 0.25) is 5.91 Å². The van der Waals surface area contributed by atoms with Gasteiger partial charge in [-0.1, -0.05) is 37.5 Å². The van der Waals surface area contributed by atoms with Gasteiger partial charge in [0, 0.05) is 19.3 Å². The van der Waals surface area contributed by atoms with Crippen molar-refractivity contribution in [2.75, 3.05) is 25.0 Å². The second-order valence-electron chi connectivity index (χ2n) is 6.46. The summed E-state index contributed by atoms with van der Waals surface area (Å²) in [6.45, 7) is 1.26. The number of hydrogen-bond acceptors (Lipinski definition) is 3. The fourth-order valence-electron chi connectivity index (χ4n) is 3.74. The highest BCUT2D eigenvalue weighted by molar-refractivity contribution is 5.83. The molecule has 2 aliphatic rings. The highest BCUT2D eigenvalue weighted by Crippen LogP contribution is 2.33. The maximum Gasteiger partial charge on any atom is 0.243 e. The summed E-state index contributed by atoms with van der Waals surface area (Å²) in [5.74, 6) is 0.0557. The lowest BCUT2D eigenvalue weighted by molar-refractivity contribution is -0.133. The predicted molar refractivity (Wildman–Crippen MR) is 86.6 cm³/mol. The summed E-state index contributed by atoms with van der Waals surface area (Å²) in [5, 5.41) is 9.62. The van der Waals surface area contributed by atoms with Crippen LogP contribution in [0.5, 0.6) is 0 Å². The van der Waals surface area contributed by atoms with Crippen molar-refractivity contribution < 1.29 is 4.79 Å². The zero-order valence-corrected chi connectivity index (χ0v) is 13.2. The average molecular weight is 297 g/mol. The topological polar surface area (TPSA) is 47.3 Å². The Kier molecular flexibility index (Phi) is 4.06. The molecule has 1 saturated carbocycles. The molecule has 0 aromatic heterocycles. The normalized spacial score (nSPS) is 19.4. The number of nitrogens with zero attached hydrogens (tertiary/aromatic N) is 3. The van der Waals surface area contributed by atoms with Crippen molar-refractivity contribution in [1.29, 1.82) is 5.26 Å². The van der Waals surface area contributed by atoms with Gasteiger partial charge in [-0.05, 0) is 30.9 Å². The molecule has 1 aromatic rings. The van der Waals surface area contributed by atoms with Gasteiger partial charge in [0.15, 0.2) is 0 Å². The number of rotatable bonds is 3. The maximum atomic E-state index is 12.7. The summed E-state index contributed by atoms with van der Waals surface area (Å²) in [7, 11) is 1.80. The van der Waals surface area contributed by atoms with Gasteiger partial charge in [0.1, 0.15) is 5.54 Å². The third-order valence-corrected chi connectivity index (χ3v) is 5.21. The van der Waals surface area contributed by atoms with Crippen LogP contribution in [0.3, 0.4) is 0 Å². The summed E-state index contributed by atoms with van der Waals surface area (Å²) in [6, 6.07) is 10.7. The Hall–Kier alpha value is -2.02. The molecule has 0 bridgehead atoms. The molecular formula is C18H23N3O. The molecule has 1 aliphatic heterocycles. The highest BCUT2D eigenvalue weighted by Gasteiger charge is 2.39. The van der Waals surface area contributed by atoms with Crippen molar-refractivity contribution in [3.8, 4) is 6.07 Å². The zero-order chi connectivity index (χ0) is 15.6. The minimum Gasteiger partial charge on any atom is -0.362 e. The number of likely N-dealkylation sites (N-methyl/N-ethyl adjacent to an activating group) is 1. The van der Waals surface area contributed by atoms with Gasteiger partial charge in [0.05, 0.1) is 12.6 Å². The fourth-order valence-corrected chi connectivity index (χ4v) is 3.74. The monoisotopic (exact) mass is 297 g/mol. The first-order valence-corrected chi connectivity index (χ1v) is 8.17. The third-order valence-electron chi connectivity index (χ3n) is 5.21. The summed E-state index contributed by atoms with van der Waals surface area (Å²) >= 11 is 0. The minimum atomic E-state index is -0.589. The number of amides is 1. The van der Waals surface area contributed by atoms with Gasteiger partial charge in [0.25, 0.3) is 0 Å². The van der Waals surface area contributed by atoms with E-state index in [2.05, 4.69) is 23.1 Å². The van der Waals surface area contributed by atoms with Crippen molar-refractivity contribution in [2.24, 2.45) is 0 Å². The van der Waals surface area contributed by atoms with E-state index in [1.165, 1.54) is 17.7 Å². The molecule has 1 aromatic carbocycles. The van der Waals surface area contributed by atoms with Crippen molar-refractivity contribution in [3.05, 3.63) is 29.8 Å². The summed E-state index contributed by atoms with van der Waals surface area (Å²) in [4.78, 5) is 16.6. The van der Waals surface area contributed by atoms with Crippen LogP contribution < -0.4 is 4.90 Å². The van der Waals surface area contributed by atoms with E-state index in [0.29, 0.717) is 6.54 Å². The molecule has 1 fully saturated rings. The Morgan fingerprint density at radius 1 is 1.32 bits per heavy atom. The van der Waals surface area contributed by atoms with E-state index >= 15 is 0 Å². The Bertz CT molecular complexity index is 599. The zero-order valence-electron chi connectivity index (χ0n) is 13.2. The van der Waals surface area contributed by atoms with E-state index in [1.54, 1.807) is 11.9 Å². The summed E-state index contributed by atoms with van der Waals surface area (Å²) in [5.41, 5.74) is 1.89. The van der Waals surface area contributed by atoms with Crippen molar-refractivity contribution in [2.45, 2.75) is 44.1 Å². The number of para-hydroxylation sites is 1. The molecule has 0 atom stereocenters. The number of hydrogen-bond donors (Lipinski definition) is 0. The second kappa shape index (κ2) is 6.00. The highest BCUT2D eigenvalue weighted by atomic mass is 16.2. The van der Waals surface area contributed by atoms with Crippen LogP contribution in [0.15, 0.2) is 24.3 Å². The fraction of sp³-hybridized carbons (Fsp3) is 0.556. The Labute approximate surface area is 132 Å². The Balaban J connectivity index is 1.71. The molecule has 22 heavy (non-hydrogen) atoms. The van der Waals surface area contributed by atoms with Gasteiger partial charge >= 0.3 is 0 Å². The minimum absolute atomic E-state index is 0.0557. The number of benzene rings is 1. The van der Waals surface area contributed by atoms with Crippen molar-refractivity contribution in [3.63, 3.8) is 0 Å². The predicted octanol–water partition coefficient (Wildman–Crippen LogP) is 2.73. The Morgan fingerprint density at radius 3 is 2.77 bits per heavy atom. The number of carbonyl (C=O) groups is 1. The summed E-state index contributed by atoms with van der Waals surface area (Å²) < 4.78 is 0. The standard InChI is InChI=1S/C18H23N3O/c1-20(18(14-19)10-5-2-6-11-18)17(22)13-21-12-9-15-7-3-4-8-16(15)21/h3-4,7-8H,2,5-6,9-13H2,1H3. The SMILES string of the molecule is CN(C(=O)CN1CCc2ccccc21)C1(C#N)CCCCC1. The third kappa shape index (κ3) is 2.56. The summed E-state index contributed by atoms with van der Waals surface area (Å²) in [6.07, 6.45) is 5.86. The molecular weight excluding hydrogens is 274 g/mol. The van der Waals surface area contributed by atoms with Gasteiger partial charge in [-0.15, -0.1) is 0 Å². The largest absolute Gasteiger partial charge is 0.362 e. The average Bonchev–Trinajstić information content (AvgIpc) is 2.98. The van der Waals surface area contributed by atoms with Crippen LogP contribution in [0.25, 0.3) is 0 Å². The molecule has 1 amide bonds. The van der Waals surface area contributed by atoms with E-state index in [-0.39, 0.29) is 5.91 Å². The molecule has 116 valence electrons. The molecule has 0 unspecified atom stereocenters. The van der Waals surface area contributed by atoms with Crippen LogP contribution in [0.4, 0.5) is 5.69 Å². The lowest BCUT2D eigenvalue weighted by Gasteiger charge is -2.39. The van der Waals surface area contributed by atoms with Gasteiger partial charge in [-0.2, -0.15) is 5.26 Å². The van der Waals surface area contributed by atoms with Crippen LogP contribution in [0.2, 0.25) is 0 Å².